The summed E-state index contributed by atoms with van der Waals surface area (Å²) in [6.07, 6.45) is 1.98. The molecule has 0 saturated heterocycles. The van der Waals surface area contributed by atoms with Gasteiger partial charge in [-0.3, -0.25) is 9.59 Å². The van der Waals surface area contributed by atoms with E-state index in [9.17, 15) is 9.59 Å². The van der Waals surface area contributed by atoms with Gasteiger partial charge in [-0.05, 0) is 43.7 Å². The van der Waals surface area contributed by atoms with Crippen LogP contribution in [0.4, 0.5) is 0 Å². The summed E-state index contributed by atoms with van der Waals surface area (Å²) in [5.41, 5.74) is 0.380. The van der Waals surface area contributed by atoms with Gasteiger partial charge in [0.1, 0.15) is 6.04 Å². The topological polar surface area (TPSA) is 58.2 Å². The molecule has 4 nitrogen and oxygen atoms in total. The van der Waals surface area contributed by atoms with Gasteiger partial charge in [0.15, 0.2) is 0 Å². The second-order valence-electron chi connectivity index (χ2n) is 7.06. The molecular weight excluding hydrogens is 324 g/mol. The predicted molar refractivity (Wildman–Crippen MR) is 99.2 cm³/mol. The second kappa shape index (κ2) is 9.67. The number of carbonyl (C=O) groups excluding carboxylic acids is 2. The Labute approximate surface area is 150 Å². The van der Waals surface area contributed by atoms with Gasteiger partial charge in [0, 0.05) is 6.04 Å². The van der Waals surface area contributed by atoms with Gasteiger partial charge in [0.25, 0.3) is 5.91 Å². The zero-order valence-electron chi connectivity index (χ0n) is 15.2. The lowest BCUT2D eigenvalue weighted by molar-refractivity contribution is -0.124. The number of amides is 2. The fourth-order valence-electron chi connectivity index (χ4n) is 2.39. The molecule has 2 unspecified atom stereocenters. The van der Waals surface area contributed by atoms with Crippen molar-refractivity contribution in [3.8, 4) is 0 Å². The molecule has 0 aliphatic rings. The maximum atomic E-state index is 12.5. The minimum Gasteiger partial charge on any atom is -0.352 e. The highest BCUT2D eigenvalue weighted by Crippen LogP contribution is 2.15. The molecule has 1 aromatic rings. The van der Waals surface area contributed by atoms with Crippen LogP contribution in [0.2, 0.25) is 5.02 Å². The Bertz CT molecular complexity index is 558. The number of hydrogen-bond donors (Lipinski definition) is 2. The maximum absolute atomic E-state index is 12.5. The van der Waals surface area contributed by atoms with E-state index in [0.29, 0.717) is 16.5 Å². The number of nitrogens with one attached hydrogen (secondary N) is 2. The molecule has 0 aliphatic heterocycles. The SMILES string of the molecule is CC(C)CCC(C)NC(=O)C(NC(=O)c1ccccc1Cl)C(C)C. The molecule has 0 heterocycles. The first-order chi connectivity index (χ1) is 11.2. The summed E-state index contributed by atoms with van der Waals surface area (Å²) in [4.78, 5) is 24.9. The molecule has 0 aliphatic carbocycles. The van der Waals surface area contributed by atoms with Crippen LogP contribution < -0.4 is 10.6 Å². The average Bonchev–Trinajstić information content (AvgIpc) is 2.50. The molecule has 24 heavy (non-hydrogen) atoms. The summed E-state index contributed by atoms with van der Waals surface area (Å²) in [5, 5.41) is 6.19. The lowest BCUT2D eigenvalue weighted by atomic mass is 10.0. The van der Waals surface area contributed by atoms with Gasteiger partial charge in [0.05, 0.1) is 10.6 Å². The van der Waals surface area contributed by atoms with Crippen LogP contribution in [-0.4, -0.2) is 23.9 Å². The van der Waals surface area contributed by atoms with Crippen LogP contribution in [0, 0.1) is 11.8 Å². The van der Waals surface area contributed by atoms with Crippen LogP contribution in [0.25, 0.3) is 0 Å². The third-order valence-corrected chi connectivity index (χ3v) is 4.25. The molecule has 2 atom stereocenters. The normalized spacial score (nSPS) is 13.7. The Balaban J connectivity index is 2.71. The Hall–Kier alpha value is -1.55. The average molecular weight is 353 g/mol. The van der Waals surface area contributed by atoms with E-state index in [0.717, 1.165) is 12.8 Å². The van der Waals surface area contributed by atoms with Crippen molar-refractivity contribution in [3.63, 3.8) is 0 Å². The van der Waals surface area contributed by atoms with E-state index < -0.39 is 6.04 Å². The Kier molecular flexibility index (Phi) is 8.26. The Morgan fingerprint density at radius 2 is 1.62 bits per heavy atom. The quantitative estimate of drug-likeness (QED) is 0.741. The summed E-state index contributed by atoms with van der Waals surface area (Å²) in [7, 11) is 0. The van der Waals surface area contributed by atoms with E-state index in [2.05, 4.69) is 24.5 Å². The molecule has 2 N–H and O–H groups in total. The molecule has 134 valence electrons. The van der Waals surface area contributed by atoms with Crippen LogP contribution in [-0.2, 0) is 4.79 Å². The number of carbonyl (C=O) groups is 2. The van der Waals surface area contributed by atoms with Crippen LogP contribution in [0.1, 0.15) is 57.8 Å². The molecule has 0 fully saturated rings. The monoisotopic (exact) mass is 352 g/mol. The van der Waals surface area contributed by atoms with Gasteiger partial charge < -0.3 is 10.6 Å². The highest BCUT2D eigenvalue weighted by molar-refractivity contribution is 6.33. The number of rotatable bonds is 8. The predicted octanol–water partition coefficient (Wildman–Crippen LogP) is 4.04. The van der Waals surface area contributed by atoms with E-state index in [4.69, 9.17) is 11.6 Å². The molecular formula is C19H29ClN2O2. The molecule has 0 spiro atoms. The van der Waals surface area contributed by atoms with E-state index in [1.165, 1.54) is 0 Å². The maximum Gasteiger partial charge on any atom is 0.253 e. The molecule has 0 aromatic heterocycles. The van der Waals surface area contributed by atoms with Gasteiger partial charge in [-0.15, -0.1) is 0 Å². The summed E-state index contributed by atoms with van der Waals surface area (Å²) < 4.78 is 0. The van der Waals surface area contributed by atoms with Crippen LogP contribution >= 0.6 is 11.6 Å². The summed E-state index contributed by atoms with van der Waals surface area (Å²) in [5.74, 6) is 0.102. The molecule has 1 rings (SSSR count). The summed E-state index contributed by atoms with van der Waals surface area (Å²) in [6.45, 7) is 10.1. The van der Waals surface area contributed by atoms with Crippen LogP contribution in [0.15, 0.2) is 24.3 Å². The zero-order chi connectivity index (χ0) is 18.3. The molecule has 2 amide bonds. The first-order valence-corrected chi connectivity index (χ1v) is 8.96. The molecule has 5 heteroatoms. The van der Waals surface area contributed by atoms with Crippen molar-refractivity contribution in [1.82, 2.24) is 10.6 Å². The van der Waals surface area contributed by atoms with Crippen molar-refractivity contribution in [1.29, 1.82) is 0 Å². The van der Waals surface area contributed by atoms with Crippen molar-refractivity contribution in [2.75, 3.05) is 0 Å². The Morgan fingerprint density at radius 3 is 2.17 bits per heavy atom. The van der Waals surface area contributed by atoms with Crippen molar-refractivity contribution in [2.24, 2.45) is 11.8 Å². The van der Waals surface area contributed by atoms with E-state index in [-0.39, 0.29) is 23.8 Å². The van der Waals surface area contributed by atoms with Crippen molar-refractivity contribution in [3.05, 3.63) is 34.9 Å². The Morgan fingerprint density at radius 1 is 1.00 bits per heavy atom. The molecule has 0 bridgehead atoms. The largest absolute Gasteiger partial charge is 0.352 e. The highest BCUT2D eigenvalue weighted by Gasteiger charge is 2.26. The number of halogens is 1. The second-order valence-corrected chi connectivity index (χ2v) is 7.46. The van der Waals surface area contributed by atoms with Gasteiger partial charge >= 0.3 is 0 Å². The van der Waals surface area contributed by atoms with Gasteiger partial charge in [-0.1, -0.05) is 51.4 Å². The molecule has 0 radical (unpaired) electrons. The fraction of sp³-hybridized carbons (Fsp3) is 0.579. The standard InChI is InChI=1S/C19H29ClN2O2/c1-12(2)10-11-14(5)21-19(24)17(13(3)4)22-18(23)15-8-6-7-9-16(15)20/h6-9,12-14,17H,10-11H2,1-5H3,(H,21,24)(H,22,23). The molecule has 1 aromatic carbocycles. The third-order valence-electron chi connectivity index (χ3n) is 3.92. The van der Waals surface area contributed by atoms with Crippen LogP contribution in [0.5, 0.6) is 0 Å². The van der Waals surface area contributed by atoms with Crippen molar-refractivity contribution in [2.45, 2.75) is 59.5 Å². The minimum atomic E-state index is -0.588. The van der Waals surface area contributed by atoms with Crippen molar-refractivity contribution >= 4 is 23.4 Å². The number of hydrogen-bond acceptors (Lipinski definition) is 2. The van der Waals surface area contributed by atoms with Gasteiger partial charge in [-0.2, -0.15) is 0 Å². The third kappa shape index (κ3) is 6.52. The first kappa shape index (κ1) is 20.5. The summed E-state index contributed by atoms with van der Waals surface area (Å²) >= 11 is 6.06. The lowest BCUT2D eigenvalue weighted by Gasteiger charge is -2.24. The van der Waals surface area contributed by atoms with E-state index >= 15 is 0 Å². The summed E-state index contributed by atoms with van der Waals surface area (Å²) in [6, 6.07) is 6.32. The van der Waals surface area contributed by atoms with Gasteiger partial charge in [0.2, 0.25) is 5.91 Å². The van der Waals surface area contributed by atoms with Crippen LogP contribution in [0.3, 0.4) is 0 Å². The lowest BCUT2D eigenvalue weighted by Crippen LogP contribution is -2.51. The molecule has 0 saturated carbocycles. The van der Waals surface area contributed by atoms with E-state index in [1.807, 2.05) is 20.8 Å². The highest BCUT2D eigenvalue weighted by atomic mass is 35.5. The zero-order valence-corrected chi connectivity index (χ0v) is 16.0. The van der Waals surface area contributed by atoms with Crippen molar-refractivity contribution < 1.29 is 9.59 Å². The minimum absolute atomic E-state index is 0.0197. The van der Waals surface area contributed by atoms with E-state index in [1.54, 1.807) is 24.3 Å². The number of benzene rings is 1. The fourth-order valence-corrected chi connectivity index (χ4v) is 2.61. The van der Waals surface area contributed by atoms with Gasteiger partial charge in [-0.25, -0.2) is 0 Å². The smallest absolute Gasteiger partial charge is 0.253 e. The first-order valence-electron chi connectivity index (χ1n) is 8.58.